The summed E-state index contributed by atoms with van der Waals surface area (Å²) in [4.78, 5) is 14.0. The fourth-order valence-electron chi connectivity index (χ4n) is 2.07. The lowest BCUT2D eigenvalue weighted by Gasteiger charge is -2.18. The molecule has 1 heterocycles. The molecule has 1 aromatic carbocycles. The number of anilines is 1. The fourth-order valence-corrected chi connectivity index (χ4v) is 2.07. The third-order valence-corrected chi connectivity index (χ3v) is 3.37. The van der Waals surface area contributed by atoms with Gasteiger partial charge in [0.2, 0.25) is 0 Å². The topological polar surface area (TPSA) is 58.1 Å². The van der Waals surface area contributed by atoms with E-state index in [4.69, 9.17) is 0 Å². The van der Waals surface area contributed by atoms with Crippen molar-refractivity contribution in [1.29, 1.82) is 0 Å². The molecule has 1 aromatic heterocycles. The van der Waals surface area contributed by atoms with Gasteiger partial charge in [-0.3, -0.25) is 4.79 Å². The minimum Gasteiger partial charge on any atom is -0.356 e. The summed E-state index contributed by atoms with van der Waals surface area (Å²) < 4.78 is 13.5. The van der Waals surface area contributed by atoms with Gasteiger partial charge in [-0.05, 0) is 32.0 Å². The van der Waals surface area contributed by atoms with Crippen LogP contribution in [-0.4, -0.2) is 29.2 Å². The molecule has 2 aromatic rings. The Kier molecular flexibility index (Phi) is 5.41. The monoisotopic (exact) mass is 302 g/mol. The molecule has 0 radical (unpaired) electrons. The summed E-state index contributed by atoms with van der Waals surface area (Å²) in [5.74, 6) is 0.0169. The molecule has 2 rings (SSSR count). The first kappa shape index (κ1) is 15.9. The third-order valence-electron chi connectivity index (χ3n) is 3.37. The normalized spacial score (nSPS) is 10.3. The van der Waals surface area contributed by atoms with Gasteiger partial charge in [0.05, 0.1) is 0 Å². The van der Waals surface area contributed by atoms with Crippen LogP contribution < -0.4 is 10.2 Å². The number of nitrogens with one attached hydrogen (secondary N) is 1. The Labute approximate surface area is 129 Å². The summed E-state index contributed by atoms with van der Waals surface area (Å²) in [5.41, 5.74) is 0.649. The van der Waals surface area contributed by atoms with E-state index in [1.165, 1.54) is 6.07 Å². The lowest BCUT2D eigenvalue weighted by Crippen LogP contribution is -2.26. The average Bonchev–Trinajstić information content (AvgIpc) is 2.55. The van der Waals surface area contributed by atoms with E-state index in [9.17, 15) is 9.18 Å². The van der Waals surface area contributed by atoms with Gasteiger partial charge in [0.1, 0.15) is 5.82 Å². The van der Waals surface area contributed by atoms with Crippen LogP contribution in [0.3, 0.4) is 0 Å². The number of carbonyl (C=O) groups excluding carboxylic acids is 1. The average molecular weight is 302 g/mol. The van der Waals surface area contributed by atoms with Gasteiger partial charge in [-0.15, -0.1) is 10.2 Å². The summed E-state index contributed by atoms with van der Waals surface area (Å²) >= 11 is 0. The molecule has 0 aliphatic rings. The Bertz CT molecular complexity index is 626. The van der Waals surface area contributed by atoms with Crippen molar-refractivity contribution >= 4 is 11.7 Å². The van der Waals surface area contributed by atoms with Crippen molar-refractivity contribution in [2.75, 3.05) is 18.0 Å². The van der Waals surface area contributed by atoms with Gasteiger partial charge in [0.25, 0.3) is 5.91 Å². The Morgan fingerprint density at radius 1 is 1.14 bits per heavy atom. The maximum absolute atomic E-state index is 13.5. The van der Waals surface area contributed by atoms with Crippen LogP contribution in [0.4, 0.5) is 10.2 Å². The van der Waals surface area contributed by atoms with Gasteiger partial charge >= 0.3 is 0 Å². The van der Waals surface area contributed by atoms with Crippen molar-refractivity contribution in [3.63, 3.8) is 0 Å². The molecule has 0 saturated heterocycles. The highest BCUT2D eigenvalue weighted by Crippen LogP contribution is 2.09. The number of carbonyl (C=O) groups is 1. The van der Waals surface area contributed by atoms with Crippen molar-refractivity contribution in [3.8, 4) is 0 Å². The Morgan fingerprint density at radius 3 is 2.45 bits per heavy atom. The van der Waals surface area contributed by atoms with Crippen LogP contribution >= 0.6 is 0 Å². The van der Waals surface area contributed by atoms with Crippen molar-refractivity contribution in [3.05, 3.63) is 53.5 Å². The minimum absolute atomic E-state index is 0.116. The van der Waals surface area contributed by atoms with Crippen molar-refractivity contribution in [2.24, 2.45) is 0 Å². The van der Waals surface area contributed by atoms with Gasteiger partial charge in [0.15, 0.2) is 11.5 Å². The predicted octanol–water partition coefficient (Wildman–Crippen LogP) is 2.39. The molecule has 0 aliphatic heterocycles. The summed E-state index contributed by atoms with van der Waals surface area (Å²) in [7, 11) is 0. The highest BCUT2D eigenvalue weighted by molar-refractivity contribution is 5.92. The number of aromatic nitrogens is 2. The van der Waals surface area contributed by atoms with E-state index < -0.39 is 0 Å². The molecule has 22 heavy (non-hydrogen) atoms. The molecule has 0 spiro atoms. The van der Waals surface area contributed by atoms with Gasteiger partial charge < -0.3 is 10.2 Å². The van der Waals surface area contributed by atoms with Gasteiger partial charge in [0, 0.05) is 25.2 Å². The minimum atomic E-state index is -0.373. The summed E-state index contributed by atoms with van der Waals surface area (Å²) in [6.07, 6.45) is 0. The SMILES string of the molecule is CCN(CC)c1ccc(C(=O)NCc2ccccc2F)nn1. The maximum Gasteiger partial charge on any atom is 0.272 e. The van der Waals surface area contributed by atoms with Gasteiger partial charge in [-0.25, -0.2) is 4.39 Å². The third kappa shape index (κ3) is 3.78. The predicted molar refractivity (Wildman–Crippen MR) is 83.2 cm³/mol. The molecule has 0 aliphatic carbocycles. The second kappa shape index (κ2) is 7.49. The largest absolute Gasteiger partial charge is 0.356 e. The highest BCUT2D eigenvalue weighted by atomic mass is 19.1. The Morgan fingerprint density at radius 2 is 1.86 bits per heavy atom. The Balaban J connectivity index is 2.00. The van der Waals surface area contributed by atoms with Crippen molar-refractivity contribution < 1.29 is 9.18 Å². The first-order valence-electron chi connectivity index (χ1n) is 7.26. The van der Waals surface area contributed by atoms with E-state index in [0.717, 1.165) is 18.9 Å². The number of nitrogens with zero attached hydrogens (tertiary/aromatic N) is 3. The van der Waals surface area contributed by atoms with E-state index in [1.54, 1.807) is 30.3 Å². The Hall–Kier alpha value is -2.50. The lowest BCUT2D eigenvalue weighted by atomic mass is 10.2. The van der Waals surface area contributed by atoms with E-state index in [-0.39, 0.29) is 24.0 Å². The molecule has 6 heteroatoms. The molecule has 0 saturated carbocycles. The molecular formula is C16H19FN4O. The molecule has 1 N–H and O–H groups in total. The quantitative estimate of drug-likeness (QED) is 0.890. The standard InChI is InChI=1S/C16H19FN4O/c1-3-21(4-2)15-10-9-14(19-20-15)16(22)18-11-12-7-5-6-8-13(12)17/h5-10H,3-4,11H2,1-2H3,(H,18,22). The second-order valence-corrected chi connectivity index (χ2v) is 4.72. The number of rotatable bonds is 6. The van der Waals surface area contributed by atoms with Gasteiger partial charge in [-0.2, -0.15) is 0 Å². The zero-order chi connectivity index (χ0) is 15.9. The molecule has 0 atom stereocenters. The molecule has 116 valence electrons. The highest BCUT2D eigenvalue weighted by Gasteiger charge is 2.11. The molecule has 0 bridgehead atoms. The van der Waals surface area contributed by atoms with Crippen LogP contribution in [0.1, 0.15) is 29.9 Å². The van der Waals surface area contributed by atoms with Crippen molar-refractivity contribution in [2.45, 2.75) is 20.4 Å². The summed E-state index contributed by atoms with van der Waals surface area (Å²) in [5, 5.41) is 10.6. The fraction of sp³-hybridized carbons (Fsp3) is 0.312. The van der Waals surface area contributed by atoms with E-state index in [0.29, 0.717) is 5.56 Å². The van der Waals surface area contributed by atoms with E-state index >= 15 is 0 Å². The smallest absolute Gasteiger partial charge is 0.272 e. The van der Waals surface area contributed by atoms with Crippen molar-refractivity contribution in [1.82, 2.24) is 15.5 Å². The molecular weight excluding hydrogens is 283 g/mol. The zero-order valence-electron chi connectivity index (χ0n) is 12.7. The van der Waals surface area contributed by atoms with Crippen LogP contribution in [0.2, 0.25) is 0 Å². The van der Waals surface area contributed by atoms with Gasteiger partial charge in [-0.1, -0.05) is 18.2 Å². The van der Waals surface area contributed by atoms with E-state index in [2.05, 4.69) is 15.5 Å². The number of halogens is 1. The zero-order valence-corrected chi connectivity index (χ0v) is 12.7. The van der Waals surface area contributed by atoms with Crippen LogP contribution in [0.15, 0.2) is 36.4 Å². The second-order valence-electron chi connectivity index (χ2n) is 4.72. The van der Waals surface area contributed by atoms with Crippen LogP contribution in [0.25, 0.3) is 0 Å². The lowest BCUT2D eigenvalue weighted by molar-refractivity contribution is 0.0944. The summed E-state index contributed by atoms with van der Waals surface area (Å²) in [6.45, 7) is 5.82. The van der Waals surface area contributed by atoms with Crippen LogP contribution in [0, 0.1) is 5.82 Å². The number of hydrogen-bond donors (Lipinski definition) is 1. The number of amides is 1. The van der Waals surface area contributed by atoms with Crippen LogP contribution in [0.5, 0.6) is 0 Å². The maximum atomic E-state index is 13.5. The number of benzene rings is 1. The molecule has 1 amide bonds. The molecule has 0 unspecified atom stereocenters. The first-order chi connectivity index (χ1) is 10.7. The first-order valence-corrected chi connectivity index (χ1v) is 7.26. The van der Waals surface area contributed by atoms with Crippen LogP contribution in [-0.2, 0) is 6.54 Å². The summed E-state index contributed by atoms with van der Waals surface area (Å²) in [6, 6.07) is 9.71. The van der Waals surface area contributed by atoms with E-state index in [1.807, 2.05) is 18.7 Å². The molecule has 5 nitrogen and oxygen atoms in total. The molecule has 0 fully saturated rings. The number of hydrogen-bond acceptors (Lipinski definition) is 4.